The van der Waals surface area contributed by atoms with Crippen molar-refractivity contribution in [3.05, 3.63) is 76.2 Å². The topological polar surface area (TPSA) is 87.7 Å². The zero-order valence-electron chi connectivity index (χ0n) is 12.9. The summed E-state index contributed by atoms with van der Waals surface area (Å²) in [6.45, 7) is 0. The van der Waals surface area contributed by atoms with Crippen molar-refractivity contribution in [2.45, 2.75) is 0 Å². The molecule has 122 valence electrons. The molecule has 0 unspecified atom stereocenters. The zero-order chi connectivity index (χ0) is 17.2. The fourth-order valence-electron chi connectivity index (χ4n) is 2.57. The molecule has 25 heavy (non-hydrogen) atoms. The van der Waals surface area contributed by atoms with Crippen molar-refractivity contribution in [1.29, 1.82) is 0 Å². The number of hydrogen-bond donors (Lipinski definition) is 2. The molecule has 2 aromatic carbocycles. The lowest BCUT2D eigenvalue weighted by atomic mass is 10.0. The Balaban J connectivity index is 1.72. The lowest BCUT2D eigenvalue weighted by Gasteiger charge is -2.10. The van der Waals surface area contributed by atoms with Gasteiger partial charge in [0, 0.05) is 11.3 Å². The molecule has 2 heterocycles. The second kappa shape index (κ2) is 6.29. The molecule has 0 atom stereocenters. The van der Waals surface area contributed by atoms with Crippen molar-refractivity contribution in [1.82, 2.24) is 14.3 Å². The number of aromatic nitrogens is 3. The molecule has 0 aliphatic heterocycles. The van der Waals surface area contributed by atoms with E-state index in [2.05, 4.69) is 19.7 Å². The Morgan fingerprint density at radius 2 is 1.76 bits per heavy atom. The molecule has 1 amide bonds. The second-order valence-electron chi connectivity index (χ2n) is 5.31. The maximum atomic E-state index is 12.7. The number of carbonyl (C=O) groups is 1. The molecule has 2 aromatic heterocycles. The first-order chi connectivity index (χ1) is 12.2. The molecule has 0 bridgehead atoms. The molecule has 0 fully saturated rings. The highest BCUT2D eigenvalue weighted by Gasteiger charge is 2.18. The highest BCUT2D eigenvalue weighted by atomic mass is 32.1. The Morgan fingerprint density at radius 3 is 2.60 bits per heavy atom. The lowest BCUT2D eigenvalue weighted by molar-refractivity contribution is 0.103. The Morgan fingerprint density at radius 1 is 1.00 bits per heavy atom. The number of fused-ring (bicyclic) bond motifs is 1. The predicted octanol–water partition coefficient (Wildman–Crippen LogP) is 3.30. The van der Waals surface area contributed by atoms with Gasteiger partial charge in [0.2, 0.25) is 0 Å². The van der Waals surface area contributed by atoms with Crippen LogP contribution in [0.2, 0.25) is 0 Å². The third-order valence-corrected chi connectivity index (χ3v) is 4.57. The normalized spacial score (nSPS) is 10.7. The van der Waals surface area contributed by atoms with Gasteiger partial charge in [-0.05, 0) is 23.2 Å². The highest BCUT2D eigenvalue weighted by molar-refractivity contribution is 7.09. The number of aromatic amines is 1. The SMILES string of the molecule is O=C(Nc1ccccc1-c1ccccc1)c1snc2c(=O)[nH]cnc12. The summed E-state index contributed by atoms with van der Waals surface area (Å²) < 4.78 is 4.04. The van der Waals surface area contributed by atoms with Gasteiger partial charge in [-0.1, -0.05) is 48.5 Å². The van der Waals surface area contributed by atoms with E-state index >= 15 is 0 Å². The first-order valence-corrected chi connectivity index (χ1v) is 8.30. The maximum Gasteiger partial charge on any atom is 0.278 e. The van der Waals surface area contributed by atoms with Crippen molar-refractivity contribution >= 4 is 34.2 Å². The van der Waals surface area contributed by atoms with E-state index in [1.807, 2.05) is 54.6 Å². The van der Waals surface area contributed by atoms with E-state index in [1.165, 1.54) is 6.33 Å². The van der Waals surface area contributed by atoms with Crippen LogP contribution in [0.3, 0.4) is 0 Å². The van der Waals surface area contributed by atoms with Crippen LogP contribution in [0, 0.1) is 0 Å². The summed E-state index contributed by atoms with van der Waals surface area (Å²) in [6.07, 6.45) is 1.27. The summed E-state index contributed by atoms with van der Waals surface area (Å²) in [5, 5.41) is 2.90. The lowest BCUT2D eigenvalue weighted by Crippen LogP contribution is -2.13. The Labute approximate surface area is 146 Å². The molecule has 4 rings (SSSR count). The first kappa shape index (κ1) is 15.2. The standard InChI is InChI=1S/C18H12N4O2S/c23-17-15-14(19-10-20-17)16(25-22-15)18(24)21-13-9-5-4-8-12(13)11-6-2-1-3-7-11/h1-10H,(H,21,24)(H,19,20,23). The van der Waals surface area contributed by atoms with Crippen LogP contribution >= 0.6 is 11.5 Å². The molecule has 0 saturated carbocycles. The fraction of sp³-hybridized carbons (Fsp3) is 0. The summed E-state index contributed by atoms with van der Waals surface area (Å²) in [4.78, 5) is 31.3. The molecule has 0 radical (unpaired) electrons. The molecule has 7 heteroatoms. The summed E-state index contributed by atoms with van der Waals surface area (Å²) in [7, 11) is 0. The van der Waals surface area contributed by atoms with Crippen molar-refractivity contribution in [3.8, 4) is 11.1 Å². The molecule has 2 N–H and O–H groups in total. The molecule has 0 aliphatic carbocycles. The van der Waals surface area contributed by atoms with E-state index < -0.39 is 0 Å². The Hall–Kier alpha value is -3.32. The minimum absolute atomic E-state index is 0.175. The van der Waals surface area contributed by atoms with Crippen LogP contribution in [0.4, 0.5) is 5.69 Å². The summed E-state index contributed by atoms with van der Waals surface area (Å²) in [5.74, 6) is -0.339. The number of amides is 1. The first-order valence-electron chi connectivity index (χ1n) is 7.53. The van der Waals surface area contributed by atoms with E-state index in [-0.39, 0.29) is 17.0 Å². The smallest absolute Gasteiger partial charge is 0.278 e. The number of anilines is 1. The van der Waals surface area contributed by atoms with Gasteiger partial charge in [0.05, 0.1) is 6.33 Å². The van der Waals surface area contributed by atoms with Gasteiger partial charge in [-0.3, -0.25) is 9.59 Å². The quantitative estimate of drug-likeness (QED) is 0.595. The van der Waals surface area contributed by atoms with Crippen LogP contribution in [-0.4, -0.2) is 20.2 Å². The van der Waals surface area contributed by atoms with Crippen LogP contribution in [-0.2, 0) is 0 Å². The van der Waals surface area contributed by atoms with E-state index in [1.54, 1.807) is 0 Å². The van der Waals surface area contributed by atoms with E-state index in [0.29, 0.717) is 16.1 Å². The Kier molecular flexibility index (Phi) is 3.83. The van der Waals surface area contributed by atoms with Crippen molar-refractivity contribution in [2.75, 3.05) is 5.32 Å². The molecule has 0 spiro atoms. The van der Waals surface area contributed by atoms with E-state index in [0.717, 1.165) is 22.7 Å². The number of nitrogens with zero attached hydrogens (tertiary/aromatic N) is 2. The number of rotatable bonds is 3. The van der Waals surface area contributed by atoms with Crippen LogP contribution < -0.4 is 10.9 Å². The molecule has 0 aliphatic rings. The van der Waals surface area contributed by atoms with Crippen molar-refractivity contribution < 1.29 is 4.79 Å². The number of nitrogens with one attached hydrogen (secondary N) is 2. The zero-order valence-corrected chi connectivity index (χ0v) is 13.7. The van der Waals surface area contributed by atoms with E-state index in [9.17, 15) is 9.59 Å². The van der Waals surface area contributed by atoms with Crippen LogP contribution in [0.25, 0.3) is 22.2 Å². The van der Waals surface area contributed by atoms with Gasteiger partial charge in [0.25, 0.3) is 11.5 Å². The number of H-pyrrole nitrogens is 1. The average Bonchev–Trinajstić information content (AvgIpc) is 3.08. The number of para-hydroxylation sites is 1. The van der Waals surface area contributed by atoms with Gasteiger partial charge in [0.1, 0.15) is 10.4 Å². The molecule has 4 aromatic rings. The van der Waals surface area contributed by atoms with Gasteiger partial charge in [0.15, 0.2) is 5.52 Å². The summed E-state index contributed by atoms with van der Waals surface area (Å²) in [6, 6.07) is 17.3. The molecular formula is C18H12N4O2S. The van der Waals surface area contributed by atoms with Gasteiger partial charge in [-0.25, -0.2) is 4.98 Å². The number of hydrogen-bond acceptors (Lipinski definition) is 5. The highest BCUT2D eigenvalue weighted by Crippen LogP contribution is 2.28. The van der Waals surface area contributed by atoms with Gasteiger partial charge in [-0.2, -0.15) is 4.37 Å². The van der Waals surface area contributed by atoms with Crippen molar-refractivity contribution in [2.24, 2.45) is 0 Å². The van der Waals surface area contributed by atoms with E-state index in [4.69, 9.17) is 0 Å². The number of carbonyl (C=O) groups excluding carboxylic acids is 1. The second-order valence-corrected chi connectivity index (χ2v) is 6.08. The molecular weight excluding hydrogens is 336 g/mol. The molecule has 6 nitrogen and oxygen atoms in total. The fourth-order valence-corrected chi connectivity index (χ4v) is 3.29. The monoisotopic (exact) mass is 348 g/mol. The van der Waals surface area contributed by atoms with Crippen LogP contribution in [0.15, 0.2) is 65.7 Å². The minimum atomic E-state index is -0.356. The third kappa shape index (κ3) is 2.81. The predicted molar refractivity (Wildman–Crippen MR) is 97.9 cm³/mol. The maximum absolute atomic E-state index is 12.7. The van der Waals surface area contributed by atoms with Crippen LogP contribution in [0.1, 0.15) is 9.67 Å². The van der Waals surface area contributed by atoms with Crippen molar-refractivity contribution in [3.63, 3.8) is 0 Å². The number of benzene rings is 2. The third-order valence-electron chi connectivity index (χ3n) is 3.74. The largest absolute Gasteiger partial charge is 0.321 e. The average molecular weight is 348 g/mol. The van der Waals surface area contributed by atoms with Gasteiger partial charge >= 0.3 is 0 Å². The Bertz CT molecular complexity index is 1120. The van der Waals surface area contributed by atoms with Crippen LogP contribution in [0.5, 0.6) is 0 Å². The summed E-state index contributed by atoms with van der Waals surface area (Å²) in [5.41, 5.74) is 2.73. The minimum Gasteiger partial charge on any atom is -0.321 e. The summed E-state index contributed by atoms with van der Waals surface area (Å²) >= 11 is 0.961. The molecule has 0 saturated heterocycles. The van der Waals surface area contributed by atoms with Gasteiger partial charge in [-0.15, -0.1) is 0 Å². The van der Waals surface area contributed by atoms with Gasteiger partial charge < -0.3 is 10.3 Å².